The molecule has 0 aliphatic heterocycles. The minimum Gasteiger partial charge on any atom is -0.495 e. The molecule has 0 aromatic heterocycles. The van der Waals surface area contributed by atoms with E-state index in [1.54, 1.807) is 12.1 Å². The van der Waals surface area contributed by atoms with Gasteiger partial charge in [0, 0.05) is 10.7 Å². The van der Waals surface area contributed by atoms with Crippen molar-refractivity contribution in [2.45, 2.75) is 6.92 Å². The monoisotopic (exact) mass is 462 g/mol. The molecule has 138 valence electrons. The Balaban J connectivity index is 1.85. The topological polar surface area (TPSA) is 50.4 Å². The number of rotatable bonds is 3. The third kappa shape index (κ3) is 4.24. The maximum absolute atomic E-state index is 12.8. The van der Waals surface area contributed by atoms with E-state index >= 15 is 0 Å². The molecule has 0 saturated carbocycles. The molecule has 0 heterocycles. The van der Waals surface area contributed by atoms with Gasteiger partial charge in [0.25, 0.3) is 5.91 Å². The normalized spacial score (nSPS) is 10.5. The van der Waals surface area contributed by atoms with Crippen LogP contribution in [-0.2, 0) is 0 Å². The van der Waals surface area contributed by atoms with Gasteiger partial charge in [-0.05, 0) is 69.6 Å². The van der Waals surface area contributed by atoms with Crippen LogP contribution < -0.4 is 15.4 Å². The molecule has 1 amide bonds. The highest BCUT2D eigenvalue weighted by atomic mass is 79.9. The van der Waals surface area contributed by atoms with E-state index in [2.05, 4.69) is 26.6 Å². The molecule has 3 rings (SSSR count). The molecule has 0 atom stereocenters. The number of carbonyl (C=O) groups is 1. The summed E-state index contributed by atoms with van der Waals surface area (Å²) in [6.07, 6.45) is 0. The number of thiocarbonyl (C=S) groups is 1. The maximum Gasteiger partial charge on any atom is 0.261 e. The Labute approximate surface area is 176 Å². The zero-order chi connectivity index (χ0) is 19.6. The second-order valence-corrected chi connectivity index (χ2v) is 7.47. The standard InChI is InChI=1S/C20H16BrClN2O2S/c1-11-7-8-13(10-16(11)22)23-20(27)24-19(25)15-9-12-5-3-4-6-14(12)17(21)18(15)26-2/h3-10H,1-2H3,(H2,23,24,25,27). The van der Waals surface area contributed by atoms with Gasteiger partial charge in [0.05, 0.1) is 17.1 Å². The van der Waals surface area contributed by atoms with Crippen LogP contribution in [0.3, 0.4) is 0 Å². The number of methoxy groups -OCH3 is 1. The van der Waals surface area contributed by atoms with Crippen LogP contribution in [0.4, 0.5) is 5.69 Å². The first-order valence-corrected chi connectivity index (χ1v) is 9.62. The molecule has 2 N–H and O–H groups in total. The fourth-order valence-electron chi connectivity index (χ4n) is 2.66. The Morgan fingerprint density at radius 1 is 1.19 bits per heavy atom. The van der Waals surface area contributed by atoms with E-state index in [-0.39, 0.29) is 11.0 Å². The molecule has 4 nitrogen and oxygen atoms in total. The van der Waals surface area contributed by atoms with E-state index in [1.165, 1.54) is 7.11 Å². The van der Waals surface area contributed by atoms with Crippen molar-refractivity contribution in [1.82, 2.24) is 5.32 Å². The van der Waals surface area contributed by atoms with Crippen LogP contribution in [0.25, 0.3) is 10.8 Å². The highest BCUT2D eigenvalue weighted by Gasteiger charge is 2.19. The maximum atomic E-state index is 12.8. The van der Waals surface area contributed by atoms with Gasteiger partial charge in [-0.2, -0.15) is 0 Å². The Morgan fingerprint density at radius 2 is 1.93 bits per heavy atom. The third-order valence-corrected chi connectivity index (χ3v) is 5.45. The first-order valence-electron chi connectivity index (χ1n) is 8.04. The van der Waals surface area contributed by atoms with Gasteiger partial charge in [0.1, 0.15) is 5.75 Å². The number of amides is 1. The molecule has 0 bridgehead atoms. The number of hydrogen-bond acceptors (Lipinski definition) is 3. The molecular weight excluding hydrogens is 448 g/mol. The van der Waals surface area contributed by atoms with Crippen LogP contribution in [0, 0.1) is 6.92 Å². The van der Waals surface area contributed by atoms with Gasteiger partial charge < -0.3 is 10.1 Å². The Morgan fingerprint density at radius 3 is 2.63 bits per heavy atom. The van der Waals surface area contributed by atoms with E-state index in [0.717, 1.165) is 20.8 Å². The number of hydrogen-bond donors (Lipinski definition) is 2. The van der Waals surface area contributed by atoms with Gasteiger partial charge in [-0.15, -0.1) is 0 Å². The molecule has 0 spiro atoms. The van der Waals surface area contributed by atoms with Crippen LogP contribution in [-0.4, -0.2) is 18.1 Å². The van der Waals surface area contributed by atoms with Gasteiger partial charge in [0.15, 0.2) is 5.11 Å². The molecule has 0 saturated heterocycles. The lowest BCUT2D eigenvalue weighted by molar-refractivity contribution is 0.0975. The lowest BCUT2D eigenvalue weighted by atomic mass is 10.1. The zero-order valence-corrected chi connectivity index (χ0v) is 17.8. The number of benzene rings is 3. The molecule has 3 aromatic rings. The highest BCUT2D eigenvalue weighted by molar-refractivity contribution is 9.10. The van der Waals surface area contributed by atoms with Crippen LogP contribution in [0.2, 0.25) is 5.02 Å². The largest absolute Gasteiger partial charge is 0.495 e. The molecule has 0 aliphatic carbocycles. The number of ether oxygens (including phenoxy) is 1. The Kier molecular flexibility index (Phi) is 5.99. The van der Waals surface area contributed by atoms with Crippen molar-refractivity contribution in [2.24, 2.45) is 0 Å². The first-order chi connectivity index (χ1) is 12.9. The summed E-state index contributed by atoms with van der Waals surface area (Å²) in [6, 6.07) is 15.0. The summed E-state index contributed by atoms with van der Waals surface area (Å²) in [7, 11) is 1.52. The van der Waals surface area contributed by atoms with Crippen molar-refractivity contribution < 1.29 is 9.53 Å². The smallest absolute Gasteiger partial charge is 0.261 e. The second-order valence-electron chi connectivity index (χ2n) is 5.86. The van der Waals surface area contributed by atoms with E-state index in [1.807, 2.05) is 43.3 Å². The lowest BCUT2D eigenvalue weighted by Gasteiger charge is -2.15. The number of nitrogens with one attached hydrogen (secondary N) is 2. The van der Waals surface area contributed by atoms with Gasteiger partial charge >= 0.3 is 0 Å². The molecule has 7 heteroatoms. The van der Waals surface area contributed by atoms with Crippen molar-refractivity contribution >= 4 is 67.2 Å². The SMILES string of the molecule is COc1c(C(=O)NC(=S)Nc2ccc(C)c(Cl)c2)cc2ccccc2c1Br. The van der Waals surface area contributed by atoms with E-state index < -0.39 is 0 Å². The summed E-state index contributed by atoms with van der Waals surface area (Å²) in [5, 5.41) is 8.31. The van der Waals surface area contributed by atoms with Gasteiger partial charge in [-0.25, -0.2) is 0 Å². The summed E-state index contributed by atoms with van der Waals surface area (Å²) < 4.78 is 6.17. The molecule has 3 aromatic carbocycles. The number of fused-ring (bicyclic) bond motifs is 1. The summed E-state index contributed by atoms with van der Waals surface area (Å²) >= 11 is 14.9. The first kappa shape index (κ1) is 19.6. The number of aryl methyl sites for hydroxylation is 1. The summed E-state index contributed by atoms with van der Waals surface area (Å²) in [5.74, 6) is 0.0846. The quantitative estimate of drug-likeness (QED) is 0.489. The van der Waals surface area contributed by atoms with Crippen LogP contribution in [0.1, 0.15) is 15.9 Å². The highest BCUT2D eigenvalue weighted by Crippen LogP contribution is 2.36. The van der Waals surface area contributed by atoms with Crippen LogP contribution in [0.5, 0.6) is 5.75 Å². The van der Waals surface area contributed by atoms with Gasteiger partial charge in [-0.1, -0.05) is 41.9 Å². The average molecular weight is 464 g/mol. The fourth-order valence-corrected chi connectivity index (χ4v) is 3.78. The number of carbonyl (C=O) groups excluding carboxylic acids is 1. The second kappa shape index (κ2) is 8.25. The number of halogens is 2. The van der Waals surface area contributed by atoms with Crippen LogP contribution in [0.15, 0.2) is 53.0 Å². The van der Waals surface area contributed by atoms with E-state index in [0.29, 0.717) is 22.0 Å². The number of anilines is 1. The van der Waals surface area contributed by atoms with Crippen molar-refractivity contribution in [2.75, 3.05) is 12.4 Å². The molecule has 0 unspecified atom stereocenters. The van der Waals surface area contributed by atoms with E-state index in [9.17, 15) is 4.79 Å². The molecule has 0 aliphatic rings. The average Bonchev–Trinajstić information content (AvgIpc) is 2.64. The van der Waals surface area contributed by atoms with Crippen molar-refractivity contribution in [1.29, 1.82) is 0 Å². The summed E-state index contributed by atoms with van der Waals surface area (Å²) in [5.41, 5.74) is 2.04. The summed E-state index contributed by atoms with van der Waals surface area (Å²) in [4.78, 5) is 12.8. The minimum absolute atomic E-state index is 0.172. The van der Waals surface area contributed by atoms with Gasteiger partial charge in [-0.3, -0.25) is 10.1 Å². The predicted octanol–water partition coefficient (Wildman–Crippen LogP) is 5.70. The summed E-state index contributed by atoms with van der Waals surface area (Å²) in [6.45, 7) is 1.91. The van der Waals surface area contributed by atoms with Crippen LogP contribution >= 0.6 is 39.7 Å². The Hall–Kier alpha value is -2.15. The molecular formula is C20H16BrClN2O2S. The molecule has 0 fully saturated rings. The van der Waals surface area contributed by atoms with Crippen molar-refractivity contribution in [3.63, 3.8) is 0 Å². The van der Waals surface area contributed by atoms with E-state index in [4.69, 9.17) is 28.6 Å². The van der Waals surface area contributed by atoms with Gasteiger partial charge in [0.2, 0.25) is 0 Å². The Bertz CT molecular complexity index is 1060. The van der Waals surface area contributed by atoms with Crippen molar-refractivity contribution in [3.05, 3.63) is 69.2 Å². The molecule has 27 heavy (non-hydrogen) atoms. The predicted molar refractivity (Wildman–Crippen MR) is 118 cm³/mol. The molecule has 0 radical (unpaired) electrons. The minimum atomic E-state index is -0.367. The third-order valence-electron chi connectivity index (χ3n) is 4.05. The lowest BCUT2D eigenvalue weighted by Crippen LogP contribution is -2.34. The zero-order valence-electron chi connectivity index (χ0n) is 14.6. The van der Waals surface area contributed by atoms with Crippen molar-refractivity contribution in [3.8, 4) is 5.75 Å². The fraction of sp³-hybridized carbons (Fsp3) is 0.100.